The third-order valence-electron chi connectivity index (χ3n) is 6.59. The van der Waals surface area contributed by atoms with Crippen LogP contribution in [-0.2, 0) is 17.8 Å². The number of halogens is 6. The Kier molecular flexibility index (Phi) is 4.08. The molecule has 1 spiro atoms. The van der Waals surface area contributed by atoms with Gasteiger partial charge in [-0.25, -0.2) is 0 Å². The van der Waals surface area contributed by atoms with Crippen molar-refractivity contribution >= 4 is 0 Å². The van der Waals surface area contributed by atoms with E-state index in [1.54, 1.807) is 48.5 Å². The van der Waals surface area contributed by atoms with Gasteiger partial charge in [-0.1, -0.05) is 48.5 Å². The number of rotatable bonds is 0. The molecular weight excluding hydrogens is 454 g/mol. The van der Waals surface area contributed by atoms with Gasteiger partial charge in [0.1, 0.15) is 11.5 Å². The monoisotopic (exact) mass is 468 g/mol. The first-order chi connectivity index (χ1) is 16.1. The zero-order chi connectivity index (χ0) is 23.9. The molecule has 170 valence electrons. The van der Waals surface area contributed by atoms with Gasteiger partial charge in [0, 0.05) is 11.1 Å². The van der Waals surface area contributed by atoms with Crippen LogP contribution in [0.2, 0.25) is 0 Å². The van der Waals surface area contributed by atoms with Gasteiger partial charge in [0.05, 0.1) is 16.5 Å². The van der Waals surface area contributed by atoms with E-state index in [9.17, 15) is 26.3 Å². The molecule has 0 fully saturated rings. The molecule has 4 aromatic carbocycles. The van der Waals surface area contributed by atoms with Crippen molar-refractivity contribution < 1.29 is 31.1 Å². The molecule has 1 aliphatic carbocycles. The molecule has 0 radical (unpaired) electrons. The number of hydrogen-bond donors (Lipinski definition) is 0. The van der Waals surface area contributed by atoms with Crippen molar-refractivity contribution in [1.29, 1.82) is 0 Å². The molecule has 1 nitrogen and oxygen atoms in total. The predicted molar refractivity (Wildman–Crippen MR) is 114 cm³/mol. The average Bonchev–Trinajstić information content (AvgIpc) is 3.08. The standard InChI is InChI=1S/C27H14F6O/c28-26(29,30)15-9-11-17-18-12-10-16(27(31,32)33)14-22(18)25(21(17)13-15)19-5-1-3-7-23(19)34-24-8-4-2-6-20(24)25/h1-14H. The number of alkyl halides is 6. The number of hydrogen-bond acceptors (Lipinski definition) is 1. The highest BCUT2D eigenvalue weighted by atomic mass is 19.4. The quantitative estimate of drug-likeness (QED) is 0.204. The van der Waals surface area contributed by atoms with Gasteiger partial charge in [0.25, 0.3) is 0 Å². The average molecular weight is 468 g/mol. The van der Waals surface area contributed by atoms with E-state index in [-0.39, 0.29) is 11.1 Å². The van der Waals surface area contributed by atoms with Crippen LogP contribution in [0, 0.1) is 0 Å². The zero-order valence-electron chi connectivity index (χ0n) is 17.3. The summed E-state index contributed by atoms with van der Waals surface area (Å²) < 4.78 is 88.7. The smallest absolute Gasteiger partial charge is 0.416 e. The number of fused-ring (bicyclic) bond motifs is 9. The van der Waals surface area contributed by atoms with Crippen LogP contribution in [0.5, 0.6) is 11.5 Å². The topological polar surface area (TPSA) is 9.23 Å². The van der Waals surface area contributed by atoms with Crippen LogP contribution in [0.25, 0.3) is 11.1 Å². The van der Waals surface area contributed by atoms with E-state index >= 15 is 0 Å². The number of para-hydroxylation sites is 2. The summed E-state index contributed by atoms with van der Waals surface area (Å²) in [6.45, 7) is 0. The van der Waals surface area contributed by atoms with Crippen molar-refractivity contribution in [2.45, 2.75) is 17.8 Å². The molecule has 0 amide bonds. The van der Waals surface area contributed by atoms with Gasteiger partial charge >= 0.3 is 12.4 Å². The van der Waals surface area contributed by atoms with E-state index in [4.69, 9.17) is 4.74 Å². The Morgan fingerprint density at radius 1 is 0.500 bits per heavy atom. The summed E-state index contributed by atoms with van der Waals surface area (Å²) in [5.74, 6) is 0.768. The molecule has 0 N–H and O–H groups in total. The molecular formula is C27H14F6O. The summed E-state index contributed by atoms with van der Waals surface area (Å²) in [6, 6.07) is 20.3. The predicted octanol–water partition coefficient (Wildman–Crippen LogP) is 8.19. The molecule has 0 aromatic heterocycles. The Labute approximate surface area is 190 Å². The van der Waals surface area contributed by atoms with Crippen LogP contribution in [-0.4, -0.2) is 0 Å². The third-order valence-corrected chi connectivity index (χ3v) is 6.59. The summed E-state index contributed by atoms with van der Waals surface area (Å²) in [4.78, 5) is 0. The second-order valence-corrected chi connectivity index (χ2v) is 8.36. The highest BCUT2D eigenvalue weighted by molar-refractivity contribution is 5.89. The van der Waals surface area contributed by atoms with E-state index in [1.165, 1.54) is 12.1 Å². The van der Waals surface area contributed by atoms with Crippen molar-refractivity contribution in [1.82, 2.24) is 0 Å². The highest BCUT2D eigenvalue weighted by Crippen LogP contribution is 2.62. The van der Waals surface area contributed by atoms with Gasteiger partial charge in [-0.15, -0.1) is 0 Å². The number of ether oxygens (including phenoxy) is 1. The van der Waals surface area contributed by atoms with Gasteiger partial charge in [0.15, 0.2) is 0 Å². The first-order valence-corrected chi connectivity index (χ1v) is 10.4. The normalized spacial score (nSPS) is 15.2. The summed E-state index contributed by atoms with van der Waals surface area (Å²) in [5.41, 5.74) is -0.670. The highest BCUT2D eigenvalue weighted by Gasteiger charge is 2.52. The first kappa shape index (κ1) is 20.8. The molecule has 0 bridgehead atoms. The molecule has 1 aliphatic heterocycles. The molecule has 0 saturated carbocycles. The van der Waals surface area contributed by atoms with E-state index < -0.39 is 28.9 Å². The fraction of sp³-hybridized carbons (Fsp3) is 0.111. The van der Waals surface area contributed by atoms with Gasteiger partial charge in [-0.05, 0) is 58.7 Å². The molecule has 4 aromatic rings. The van der Waals surface area contributed by atoms with Crippen LogP contribution < -0.4 is 4.74 Å². The van der Waals surface area contributed by atoms with E-state index in [2.05, 4.69) is 0 Å². The fourth-order valence-electron chi connectivity index (χ4n) is 5.25. The van der Waals surface area contributed by atoms with Crippen LogP contribution in [0.4, 0.5) is 26.3 Å². The lowest BCUT2D eigenvalue weighted by Crippen LogP contribution is -2.32. The summed E-state index contributed by atoms with van der Waals surface area (Å²) in [7, 11) is 0. The molecule has 1 heterocycles. The Morgan fingerprint density at radius 3 is 1.32 bits per heavy atom. The van der Waals surface area contributed by atoms with Crippen LogP contribution in [0.15, 0.2) is 84.9 Å². The minimum atomic E-state index is -4.62. The molecule has 34 heavy (non-hydrogen) atoms. The minimum absolute atomic E-state index is 0.278. The largest absolute Gasteiger partial charge is 0.457 e. The molecule has 0 atom stereocenters. The zero-order valence-corrected chi connectivity index (χ0v) is 17.3. The second-order valence-electron chi connectivity index (χ2n) is 8.36. The van der Waals surface area contributed by atoms with E-state index in [0.29, 0.717) is 33.8 Å². The fourth-order valence-corrected chi connectivity index (χ4v) is 5.25. The van der Waals surface area contributed by atoms with Crippen LogP contribution in [0.3, 0.4) is 0 Å². The number of benzene rings is 4. The summed E-state index contributed by atoms with van der Waals surface area (Å²) >= 11 is 0. The molecule has 7 heteroatoms. The maximum atomic E-state index is 13.8. The lowest BCUT2D eigenvalue weighted by Gasteiger charge is -2.39. The van der Waals surface area contributed by atoms with Gasteiger partial charge in [0.2, 0.25) is 0 Å². The van der Waals surface area contributed by atoms with Crippen molar-refractivity contribution in [3.63, 3.8) is 0 Å². The van der Waals surface area contributed by atoms with Gasteiger partial charge in [-0.2, -0.15) is 26.3 Å². The minimum Gasteiger partial charge on any atom is -0.457 e. The van der Waals surface area contributed by atoms with E-state index in [1.807, 2.05) is 0 Å². The van der Waals surface area contributed by atoms with Crippen molar-refractivity contribution in [2.75, 3.05) is 0 Å². The van der Waals surface area contributed by atoms with Crippen molar-refractivity contribution in [2.24, 2.45) is 0 Å². The first-order valence-electron chi connectivity index (χ1n) is 10.4. The molecule has 0 unspecified atom stereocenters. The Morgan fingerprint density at radius 2 is 0.912 bits per heavy atom. The Balaban J connectivity index is 1.81. The maximum Gasteiger partial charge on any atom is 0.416 e. The lowest BCUT2D eigenvalue weighted by atomic mass is 9.66. The van der Waals surface area contributed by atoms with E-state index in [0.717, 1.165) is 24.3 Å². The Bertz CT molecular complexity index is 1350. The van der Waals surface area contributed by atoms with Gasteiger partial charge in [-0.3, -0.25) is 0 Å². The Hall–Kier alpha value is -3.74. The lowest BCUT2D eigenvalue weighted by molar-refractivity contribution is -0.138. The third kappa shape index (κ3) is 2.70. The van der Waals surface area contributed by atoms with Crippen molar-refractivity contribution in [3.05, 3.63) is 118 Å². The maximum absolute atomic E-state index is 13.8. The summed E-state index contributed by atoms with van der Waals surface area (Å²) in [6.07, 6.45) is -9.24. The van der Waals surface area contributed by atoms with Crippen molar-refractivity contribution in [3.8, 4) is 22.6 Å². The van der Waals surface area contributed by atoms with Gasteiger partial charge < -0.3 is 4.74 Å². The second kappa shape index (κ2) is 6.65. The van der Waals surface area contributed by atoms with Crippen LogP contribution in [0.1, 0.15) is 33.4 Å². The van der Waals surface area contributed by atoms with Crippen LogP contribution >= 0.6 is 0 Å². The molecule has 6 rings (SSSR count). The molecule has 2 aliphatic rings. The molecule has 0 saturated heterocycles. The SMILES string of the molecule is FC(F)(F)c1ccc2c(c1)C1(c3ccccc3Oc3ccccc31)c1cc(C(F)(F)F)ccc1-2. The summed E-state index contributed by atoms with van der Waals surface area (Å²) in [5, 5.41) is 0.